The van der Waals surface area contributed by atoms with Crippen LogP contribution < -0.4 is 0 Å². The molecule has 0 spiro atoms. The predicted octanol–water partition coefficient (Wildman–Crippen LogP) is 0.575. The average Bonchev–Trinajstić information content (AvgIpc) is 3.05. The van der Waals surface area contributed by atoms with Crippen LogP contribution in [0.2, 0.25) is 0 Å². The van der Waals surface area contributed by atoms with Crippen molar-refractivity contribution in [3.8, 4) is 0 Å². The molecule has 2 aliphatic rings. The van der Waals surface area contributed by atoms with E-state index >= 15 is 0 Å². The molecule has 2 aliphatic heterocycles. The van der Waals surface area contributed by atoms with E-state index in [2.05, 4.69) is 0 Å². The van der Waals surface area contributed by atoms with Crippen LogP contribution in [0.4, 0.5) is 0 Å². The number of aromatic nitrogens is 1. The van der Waals surface area contributed by atoms with Crippen molar-refractivity contribution in [3.05, 3.63) is 24.0 Å². The van der Waals surface area contributed by atoms with Gasteiger partial charge in [-0.1, -0.05) is 0 Å². The Hall–Kier alpha value is -1.78. The Balaban J connectivity index is 1.73. The van der Waals surface area contributed by atoms with Gasteiger partial charge in [0.25, 0.3) is 5.91 Å². The number of carbonyl (C=O) groups is 2. The van der Waals surface area contributed by atoms with E-state index in [1.165, 1.54) is 0 Å². The molecule has 0 N–H and O–H groups in total. The quantitative estimate of drug-likeness (QED) is 0.781. The van der Waals surface area contributed by atoms with E-state index in [1.807, 2.05) is 46.7 Å². The van der Waals surface area contributed by atoms with Crippen molar-refractivity contribution >= 4 is 11.8 Å². The van der Waals surface area contributed by atoms with Crippen LogP contribution in [0.3, 0.4) is 0 Å². The van der Waals surface area contributed by atoms with Gasteiger partial charge < -0.3 is 14.4 Å². The number of hydrogen-bond acceptors (Lipinski definition) is 2. The van der Waals surface area contributed by atoms with Crippen molar-refractivity contribution in [1.29, 1.82) is 0 Å². The van der Waals surface area contributed by atoms with Crippen LogP contribution in [0.25, 0.3) is 0 Å². The molecular formula is C14H19N3O2. The van der Waals surface area contributed by atoms with Crippen LogP contribution in [0.15, 0.2) is 18.3 Å². The lowest BCUT2D eigenvalue weighted by atomic mass is 10.0. The number of hydrogen-bond donors (Lipinski definition) is 0. The minimum Gasteiger partial charge on any atom is -0.347 e. The van der Waals surface area contributed by atoms with Crippen LogP contribution in [0.5, 0.6) is 0 Å². The molecule has 3 rings (SSSR count). The molecule has 0 radical (unpaired) electrons. The second-order valence-corrected chi connectivity index (χ2v) is 5.46. The average molecular weight is 261 g/mol. The maximum Gasteiger partial charge on any atom is 0.270 e. The van der Waals surface area contributed by atoms with E-state index in [1.54, 1.807) is 0 Å². The van der Waals surface area contributed by atoms with Crippen molar-refractivity contribution in [1.82, 2.24) is 14.4 Å². The normalized spacial score (nSPS) is 26.1. The van der Waals surface area contributed by atoms with Gasteiger partial charge in [-0.05, 0) is 19.1 Å². The minimum absolute atomic E-state index is 0.0177. The lowest BCUT2D eigenvalue weighted by molar-refractivity contribution is -0.130. The number of amides is 2. The zero-order chi connectivity index (χ0) is 13.6. The van der Waals surface area contributed by atoms with Gasteiger partial charge in [0.2, 0.25) is 5.91 Å². The third kappa shape index (κ3) is 1.84. The number of fused-ring (bicyclic) bond motifs is 1. The van der Waals surface area contributed by atoms with Crippen LogP contribution in [0.1, 0.15) is 17.4 Å². The Labute approximate surface area is 112 Å². The zero-order valence-electron chi connectivity index (χ0n) is 11.4. The minimum atomic E-state index is 0.0177. The molecule has 0 saturated carbocycles. The molecule has 1 aromatic rings. The standard InChI is InChI=1S/C14H19N3O2/c1-3-16-7-10-8-17(9-11(10)13(16)18)14(19)12-5-4-6-15(12)2/h4-6,10-11H,3,7-9H2,1-2H3/t10-,11+/m1/s1. The third-order valence-corrected chi connectivity index (χ3v) is 4.36. The highest BCUT2D eigenvalue weighted by Gasteiger charge is 2.47. The van der Waals surface area contributed by atoms with E-state index in [0.717, 1.165) is 13.1 Å². The van der Waals surface area contributed by atoms with Gasteiger partial charge >= 0.3 is 0 Å². The summed E-state index contributed by atoms with van der Waals surface area (Å²) in [5.41, 5.74) is 0.694. The Kier molecular flexibility index (Phi) is 2.84. The van der Waals surface area contributed by atoms with Gasteiger partial charge in [0.1, 0.15) is 5.69 Å². The van der Waals surface area contributed by atoms with Crippen LogP contribution in [0, 0.1) is 11.8 Å². The molecule has 2 amide bonds. The fraction of sp³-hybridized carbons (Fsp3) is 0.571. The monoisotopic (exact) mass is 261 g/mol. The summed E-state index contributed by atoms with van der Waals surface area (Å²) in [5, 5.41) is 0. The number of rotatable bonds is 2. The molecule has 0 aromatic carbocycles. The number of carbonyl (C=O) groups excluding carboxylic acids is 2. The molecule has 5 heteroatoms. The molecule has 0 unspecified atom stereocenters. The summed E-state index contributed by atoms with van der Waals surface area (Å²) < 4.78 is 1.83. The van der Waals surface area contributed by atoms with E-state index in [9.17, 15) is 9.59 Å². The van der Waals surface area contributed by atoms with E-state index in [4.69, 9.17) is 0 Å². The third-order valence-electron chi connectivity index (χ3n) is 4.36. The Morgan fingerprint density at radius 3 is 2.74 bits per heavy atom. The summed E-state index contributed by atoms with van der Waals surface area (Å²) in [5.74, 6) is 0.591. The maximum atomic E-state index is 12.4. The van der Waals surface area contributed by atoms with E-state index in [0.29, 0.717) is 24.7 Å². The summed E-state index contributed by atoms with van der Waals surface area (Å²) in [4.78, 5) is 28.3. The van der Waals surface area contributed by atoms with Gasteiger partial charge in [0.05, 0.1) is 5.92 Å². The molecule has 2 saturated heterocycles. The van der Waals surface area contributed by atoms with Crippen molar-refractivity contribution in [3.63, 3.8) is 0 Å². The zero-order valence-corrected chi connectivity index (χ0v) is 11.4. The van der Waals surface area contributed by atoms with Crippen molar-refractivity contribution < 1.29 is 9.59 Å². The van der Waals surface area contributed by atoms with Gasteiger partial charge in [-0.25, -0.2) is 0 Å². The highest BCUT2D eigenvalue weighted by molar-refractivity contribution is 5.94. The Morgan fingerprint density at radius 2 is 2.16 bits per heavy atom. The number of aryl methyl sites for hydroxylation is 1. The highest BCUT2D eigenvalue weighted by Crippen LogP contribution is 2.32. The number of nitrogens with zero attached hydrogens (tertiary/aromatic N) is 3. The van der Waals surface area contributed by atoms with Gasteiger partial charge in [-0.3, -0.25) is 9.59 Å². The van der Waals surface area contributed by atoms with Gasteiger partial charge in [0, 0.05) is 45.3 Å². The van der Waals surface area contributed by atoms with Gasteiger partial charge in [0.15, 0.2) is 0 Å². The SMILES string of the molecule is CCN1C[C@@H]2CN(C(=O)c3cccn3C)C[C@@H]2C1=O. The lowest BCUT2D eigenvalue weighted by Crippen LogP contribution is -2.36. The fourth-order valence-corrected chi connectivity index (χ4v) is 3.24. The summed E-state index contributed by atoms with van der Waals surface area (Å²) in [6, 6.07) is 3.70. The predicted molar refractivity (Wildman–Crippen MR) is 70.6 cm³/mol. The molecule has 0 bridgehead atoms. The largest absolute Gasteiger partial charge is 0.347 e. The first-order valence-corrected chi connectivity index (χ1v) is 6.81. The van der Waals surface area contributed by atoms with Crippen molar-refractivity contribution in [2.75, 3.05) is 26.2 Å². The van der Waals surface area contributed by atoms with Crippen LogP contribution in [-0.2, 0) is 11.8 Å². The molecule has 0 aliphatic carbocycles. The molecule has 3 heterocycles. The maximum absolute atomic E-state index is 12.4. The second kappa shape index (κ2) is 4.40. The molecule has 5 nitrogen and oxygen atoms in total. The summed E-state index contributed by atoms with van der Waals surface area (Å²) in [6.45, 7) is 4.86. The highest BCUT2D eigenvalue weighted by atomic mass is 16.2. The molecule has 19 heavy (non-hydrogen) atoms. The summed E-state index contributed by atoms with van der Waals surface area (Å²) >= 11 is 0. The first-order chi connectivity index (χ1) is 9.11. The van der Waals surface area contributed by atoms with Gasteiger partial charge in [-0.15, -0.1) is 0 Å². The molecule has 2 atom stereocenters. The van der Waals surface area contributed by atoms with Crippen LogP contribution in [-0.4, -0.2) is 52.4 Å². The second-order valence-electron chi connectivity index (χ2n) is 5.46. The number of likely N-dealkylation sites (tertiary alicyclic amines) is 2. The first kappa shape index (κ1) is 12.3. The fourth-order valence-electron chi connectivity index (χ4n) is 3.24. The summed E-state index contributed by atoms with van der Waals surface area (Å²) in [7, 11) is 1.87. The van der Waals surface area contributed by atoms with Gasteiger partial charge in [-0.2, -0.15) is 0 Å². The topological polar surface area (TPSA) is 45.5 Å². The van der Waals surface area contributed by atoms with Crippen LogP contribution >= 0.6 is 0 Å². The molecule has 2 fully saturated rings. The van der Waals surface area contributed by atoms with E-state index in [-0.39, 0.29) is 17.7 Å². The lowest BCUT2D eigenvalue weighted by Gasteiger charge is -2.21. The molecule has 1 aromatic heterocycles. The van der Waals surface area contributed by atoms with Crippen molar-refractivity contribution in [2.24, 2.45) is 18.9 Å². The molecular weight excluding hydrogens is 242 g/mol. The molecule has 102 valence electrons. The Bertz CT molecular complexity index is 523. The van der Waals surface area contributed by atoms with E-state index < -0.39 is 0 Å². The van der Waals surface area contributed by atoms with Crippen molar-refractivity contribution in [2.45, 2.75) is 6.92 Å². The summed E-state index contributed by atoms with van der Waals surface area (Å²) in [6.07, 6.45) is 1.87. The Morgan fingerprint density at radius 1 is 1.37 bits per heavy atom. The smallest absolute Gasteiger partial charge is 0.270 e. The first-order valence-electron chi connectivity index (χ1n) is 6.81.